The van der Waals surface area contributed by atoms with Crippen molar-refractivity contribution in [1.82, 2.24) is 4.13 Å². The molecule has 0 saturated heterocycles. The van der Waals surface area contributed by atoms with Crippen LogP contribution in [0.25, 0.3) is 16.3 Å². The summed E-state index contributed by atoms with van der Waals surface area (Å²) >= 11 is 0. The van der Waals surface area contributed by atoms with Crippen LogP contribution in [-0.2, 0) is 30.1 Å². The third kappa shape index (κ3) is 10.1. The topological polar surface area (TPSA) is 133 Å². The summed E-state index contributed by atoms with van der Waals surface area (Å²) in [6.45, 7) is 11.4. The summed E-state index contributed by atoms with van der Waals surface area (Å²) in [6.07, 6.45) is 7.98. The van der Waals surface area contributed by atoms with Crippen LogP contribution in [0.5, 0.6) is 0 Å². The van der Waals surface area contributed by atoms with E-state index in [9.17, 15) is 47.2 Å². The number of hydrogen-bond acceptors (Lipinski definition) is 7. The first-order valence-corrected chi connectivity index (χ1v) is 21.3. The van der Waals surface area contributed by atoms with Crippen molar-refractivity contribution < 1.29 is 51.8 Å². The van der Waals surface area contributed by atoms with E-state index in [1.54, 1.807) is 30.3 Å². The first-order valence-electron chi connectivity index (χ1n) is 16.5. The number of fused-ring (bicyclic) bond motifs is 1. The Balaban J connectivity index is 1.77. The van der Waals surface area contributed by atoms with Crippen LogP contribution in [-0.4, -0.2) is 84.7 Å². The van der Waals surface area contributed by atoms with E-state index in [1.807, 2.05) is 53.3 Å². The van der Waals surface area contributed by atoms with Crippen LogP contribution >= 0.6 is 0 Å². The first-order chi connectivity index (χ1) is 24.7. The van der Waals surface area contributed by atoms with Gasteiger partial charge in [-0.25, -0.2) is 38.6 Å². The summed E-state index contributed by atoms with van der Waals surface area (Å²) in [6, 6.07) is 17.6. The molecule has 3 aromatic carbocycles. The zero-order valence-electron chi connectivity index (χ0n) is 29.3. The van der Waals surface area contributed by atoms with Crippen LogP contribution in [0.15, 0.2) is 90.5 Å². The molecule has 0 aromatic heterocycles. The van der Waals surface area contributed by atoms with Crippen molar-refractivity contribution in [2.24, 2.45) is 0 Å². The Morgan fingerprint density at radius 1 is 0.698 bits per heavy atom. The fraction of sp³-hybridized carbons (Fsp3) is 0.343. The zero-order chi connectivity index (χ0) is 39.4. The molecule has 18 heteroatoms. The highest BCUT2D eigenvalue weighted by Gasteiger charge is 2.50. The second kappa shape index (κ2) is 16.1. The van der Waals surface area contributed by atoms with Crippen molar-refractivity contribution in [3.8, 4) is 0 Å². The molecule has 2 N–H and O–H groups in total. The Labute approximate surface area is 306 Å². The van der Waals surface area contributed by atoms with E-state index in [1.165, 1.54) is 6.07 Å². The molecule has 0 unspecified atom stereocenters. The minimum absolute atomic E-state index is 0.131. The third-order valence-corrected chi connectivity index (χ3v) is 13.0. The van der Waals surface area contributed by atoms with E-state index in [-0.39, 0.29) is 9.81 Å². The maximum absolute atomic E-state index is 14.8. The third-order valence-electron chi connectivity index (χ3n) is 8.37. The number of benzene rings is 3. The predicted molar refractivity (Wildman–Crippen MR) is 199 cm³/mol. The zero-order valence-corrected chi connectivity index (χ0v) is 31.7. The van der Waals surface area contributed by atoms with Gasteiger partial charge in [0.25, 0.3) is 5.92 Å². The fourth-order valence-electron chi connectivity index (χ4n) is 5.98. The van der Waals surface area contributed by atoms with Gasteiger partial charge in [-0.15, -0.1) is 4.13 Å². The quantitative estimate of drug-likeness (QED) is 0.137. The van der Waals surface area contributed by atoms with Gasteiger partial charge in [0.15, 0.2) is 5.71 Å². The predicted octanol–water partition coefficient (Wildman–Crippen LogP) is 6.25. The molecule has 0 bridgehead atoms. The van der Waals surface area contributed by atoms with Crippen LogP contribution in [0.4, 0.5) is 33.3 Å². The molecule has 0 atom stereocenters. The second-order valence-electron chi connectivity index (χ2n) is 12.0. The summed E-state index contributed by atoms with van der Waals surface area (Å²) in [5.41, 5.74) is -1.03. The summed E-state index contributed by atoms with van der Waals surface area (Å²) in [5, 5.41) is 0.846. The highest BCUT2D eigenvalue weighted by atomic mass is 32.3. The highest BCUT2D eigenvalue weighted by Crippen LogP contribution is 2.38. The number of hydrogen-bond donors (Lipinski definition) is 2. The normalized spacial score (nSPS) is 14.1. The number of allylic oxidation sites excluding steroid dienone is 5. The van der Waals surface area contributed by atoms with Crippen molar-refractivity contribution in [3.05, 3.63) is 102 Å². The average Bonchev–Trinajstić information content (AvgIpc) is 3.06. The number of halogens is 5. The molecule has 0 fully saturated rings. The Kier molecular flexibility index (Phi) is 12.6. The molecule has 288 valence electrons. The van der Waals surface area contributed by atoms with Gasteiger partial charge in [0, 0.05) is 36.3 Å². The molecule has 0 radical (unpaired) electrons. The van der Waals surface area contributed by atoms with Gasteiger partial charge >= 0.3 is 15.5 Å². The smallest absolute Gasteiger partial charge is 0.372 e. The number of sulfonamides is 3. The van der Waals surface area contributed by atoms with Crippen molar-refractivity contribution >= 4 is 63.5 Å². The minimum Gasteiger partial charge on any atom is -0.372 e. The summed E-state index contributed by atoms with van der Waals surface area (Å²) < 4.78 is 144. The molecule has 0 amide bonds. The number of nitrogens with one attached hydrogen (secondary N) is 2. The van der Waals surface area contributed by atoms with Crippen molar-refractivity contribution in [1.29, 1.82) is 0 Å². The SMILES string of the molecule is CCN(CC)c1ccc(C(=C2C=CC(=[N+](CC)CC)C=C2)c2ccc(NS(=O)(=O)CC(F)(F)CS(=O)(=O)NS(=O)(=O)C(F)(F)F)c3ccccc23)cc1. The van der Waals surface area contributed by atoms with Gasteiger partial charge in [0.1, 0.15) is 24.6 Å². The molecule has 0 aliphatic heterocycles. The van der Waals surface area contributed by atoms with E-state index >= 15 is 0 Å². The van der Waals surface area contributed by atoms with Gasteiger partial charge in [-0.3, -0.25) is 4.72 Å². The van der Waals surface area contributed by atoms with Gasteiger partial charge < -0.3 is 4.90 Å². The fourth-order valence-corrected chi connectivity index (χ4v) is 9.97. The molecular weight excluding hydrogens is 764 g/mol. The van der Waals surface area contributed by atoms with E-state index in [4.69, 9.17) is 0 Å². The number of nitrogens with zero attached hydrogens (tertiary/aromatic N) is 2. The Bertz CT molecular complexity index is 2280. The summed E-state index contributed by atoms with van der Waals surface area (Å²) in [7, 11) is -17.5. The maximum Gasteiger partial charge on any atom is 0.512 e. The molecule has 3 aromatic rings. The van der Waals surface area contributed by atoms with Gasteiger partial charge in [-0.05, 0) is 85.7 Å². The van der Waals surface area contributed by atoms with E-state index in [0.717, 1.165) is 54.3 Å². The lowest BCUT2D eigenvalue weighted by molar-refractivity contribution is -0.519. The second-order valence-corrected chi connectivity index (χ2v) is 17.4. The average molecular weight is 804 g/mol. The van der Waals surface area contributed by atoms with Gasteiger partial charge in [-0.1, -0.05) is 42.5 Å². The molecule has 1 aliphatic rings. The van der Waals surface area contributed by atoms with Gasteiger partial charge in [0.2, 0.25) is 20.0 Å². The molecule has 0 saturated carbocycles. The molecule has 0 heterocycles. The van der Waals surface area contributed by atoms with Crippen LogP contribution in [0, 0.1) is 0 Å². The largest absolute Gasteiger partial charge is 0.512 e. The van der Waals surface area contributed by atoms with Gasteiger partial charge in [-0.2, -0.15) is 13.2 Å². The lowest BCUT2D eigenvalue weighted by Crippen LogP contribution is -2.46. The lowest BCUT2D eigenvalue weighted by Gasteiger charge is -2.22. The minimum atomic E-state index is -6.56. The molecule has 0 spiro atoms. The van der Waals surface area contributed by atoms with Crippen LogP contribution in [0.2, 0.25) is 0 Å². The Hall–Kier alpha value is -4.13. The molecule has 53 heavy (non-hydrogen) atoms. The van der Waals surface area contributed by atoms with E-state index in [0.29, 0.717) is 16.3 Å². The number of alkyl halides is 5. The van der Waals surface area contributed by atoms with Crippen molar-refractivity contribution in [2.75, 3.05) is 47.3 Å². The molecule has 4 rings (SSSR count). The lowest BCUT2D eigenvalue weighted by atomic mass is 9.87. The van der Waals surface area contributed by atoms with Crippen molar-refractivity contribution in [2.45, 2.75) is 39.1 Å². The van der Waals surface area contributed by atoms with Crippen LogP contribution < -0.4 is 13.7 Å². The van der Waals surface area contributed by atoms with Crippen LogP contribution in [0.1, 0.15) is 38.8 Å². The van der Waals surface area contributed by atoms with Gasteiger partial charge in [0.05, 0.1) is 5.69 Å². The van der Waals surface area contributed by atoms with Crippen molar-refractivity contribution in [3.63, 3.8) is 0 Å². The highest BCUT2D eigenvalue weighted by molar-refractivity contribution is 8.05. The van der Waals surface area contributed by atoms with E-state index < -0.39 is 53.0 Å². The summed E-state index contributed by atoms with van der Waals surface area (Å²) in [5.74, 6) is -9.43. The van der Waals surface area contributed by atoms with E-state index in [2.05, 4.69) is 37.2 Å². The standard InChI is InChI=1S/C35H39F5N4O6S3/c1-5-43(6-2)27-17-13-25(14-18-27)33(26-15-19-28(20-16-26)44(7-3)8-4)31-21-22-32(30-12-10-9-11-29(30)31)41-51(45,46)23-34(36,37)24-52(47,48)42-53(49,50)35(38,39)40/h9-22,42H,5-8,23-24H2,1-4H3/p+1. The number of anilines is 2. The Morgan fingerprint density at radius 3 is 1.77 bits per heavy atom. The van der Waals surface area contributed by atoms with Crippen LogP contribution in [0.3, 0.4) is 0 Å². The molecule has 10 nitrogen and oxygen atoms in total. The molecule has 1 aliphatic carbocycles. The monoisotopic (exact) mass is 803 g/mol. The first kappa shape index (κ1) is 41.6. The Morgan fingerprint density at radius 2 is 1.25 bits per heavy atom. The number of rotatable bonds is 15. The molecular formula is C35H40F5N4O6S3+. The maximum atomic E-state index is 14.8. The summed E-state index contributed by atoms with van der Waals surface area (Å²) in [4.78, 5) is 2.19.